The molecule has 0 fully saturated rings. The number of carbonyl (C=O) groups excluding carboxylic acids is 1. The summed E-state index contributed by atoms with van der Waals surface area (Å²) >= 11 is 3.45. The van der Waals surface area contributed by atoms with Crippen LogP contribution in [0.25, 0.3) is 0 Å². The first kappa shape index (κ1) is 12.8. The molecule has 0 unspecified atom stereocenters. The lowest BCUT2D eigenvalue weighted by molar-refractivity contribution is 0.102. The molecular formula is C14H13BrN2O. The van der Waals surface area contributed by atoms with Gasteiger partial charge in [-0.15, -0.1) is 0 Å². The summed E-state index contributed by atoms with van der Waals surface area (Å²) < 4.78 is 0.972. The number of carbonyl (C=O) groups is 1. The molecule has 0 spiro atoms. The highest BCUT2D eigenvalue weighted by Crippen LogP contribution is 2.22. The number of rotatable bonds is 2. The summed E-state index contributed by atoms with van der Waals surface area (Å²) in [5.74, 6) is 0.422. The van der Waals surface area contributed by atoms with Crippen molar-refractivity contribution in [1.29, 1.82) is 0 Å². The molecular weight excluding hydrogens is 292 g/mol. The molecule has 1 aromatic heterocycles. The Labute approximate surface area is 114 Å². The molecule has 2 aromatic rings. The van der Waals surface area contributed by atoms with E-state index in [0.717, 1.165) is 15.7 Å². The molecule has 0 atom stereocenters. The number of nitrogens with zero attached hydrogens (tertiary/aromatic N) is 1. The Balaban J connectivity index is 2.23. The molecule has 0 aliphatic heterocycles. The summed E-state index contributed by atoms with van der Waals surface area (Å²) in [6.45, 7) is 3.87. The van der Waals surface area contributed by atoms with Gasteiger partial charge in [-0.25, -0.2) is 4.98 Å². The fraction of sp³-hybridized carbons (Fsp3) is 0.143. The van der Waals surface area contributed by atoms with Crippen molar-refractivity contribution in [3.63, 3.8) is 0 Å². The number of hydrogen-bond donors (Lipinski definition) is 1. The summed E-state index contributed by atoms with van der Waals surface area (Å²) in [6, 6.07) is 10.9. The number of benzene rings is 1. The number of aromatic nitrogens is 1. The predicted octanol–water partition coefficient (Wildman–Crippen LogP) is 3.71. The van der Waals surface area contributed by atoms with Crippen LogP contribution in [0.2, 0.25) is 0 Å². The summed E-state index contributed by atoms with van der Waals surface area (Å²) in [6.07, 6.45) is 0. The van der Waals surface area contributed by atoms with Crippen LogP contribution in [-0.4, -0.2) is 10.9 Å². The molecule has 0 saturated heterocycles. The van der Waals surface area contributed by atoms with E-state index >= 15 is 0 Å². The van der Waals surface area contributed by atoms with Crippen LogP contribution in [0, 0.1) is 13.8 Å². The van der Waals surface area contributed by atoms with Crippen LogP contribution in [-0.2, 0) is 0 Å². The third-order valence-corrected chi connectivity index (χ3v) is 3.78. The number of anilines is 1. The molecule has 92 valence electrons. The molecule has 0 aliphatic carbocycles. The lowest BCUT2D eigenvalue weighted by atomic mass is 10.2. The molecule has 0 radical (unpaired) electrons. The van der Waals surface area contributed by atoms with Crippen molar-refractivity contribution in [2.24, 2.45) is 0 Å². The molecule has 0 saturated carbocycles. The third kappa shape index (κ3) is 2.76. The number of halogens is 1. The van der Waals surface area contributed by atoms with Crippen molar-refractivity contribution in [2.75, 3.05) is 5.32 Å². The average Bonchev–Trinajstić information content (AvgIpc) is 2.37. The van der Waals surface area contributed by atoms with Crippen LogP contribution in [0.1, 0.15) is 21.6 Å². The predicted molar refractivity (Wildman–Crippen MR) is 75.8 cm³/mol. The minimum atomic E-state index is -0.149. The molecule has 3 nitrogen and oxygen atoms in total. The van der Waals surface area contributed by atoms with Crippen molar-refractivity contribution in [2.45, 2.75) is 13.8 Å². The molecule has 1 amide bonds. The van der Waals surface area contributed by atoms with E-state index in [1.54, 1.807) is 12.1 Å². The Morgan fingerprint density at radius 1 is 1.22 bits per heavy atom. The van der Waals surface area contributed by atoms with Crippen molar-refractivity contribution in [3.05, 3.63) is 57.7 Å². The Bertz CT molecular complexity index is 559. The van der Waals surface area contributed by atoms with Crippen molar-refractivity contribution < 1.29 is 4.79 Å². The van der Waals surface area contributed by atoms with E-state index in [0.29, 0.717) is 11.4 Å². The van der Waals surface area contributed by atoms with Gasteiger partial charge in [-0.3, -0.25) is 4.79 Å². The first-order valence-corrected chi connectivity index (χ1v) is 6.37. The van der Waals surface area contributed by atoms with Gasteiger partial charge in [0.25, 0.3) is 5.91 Å². The molecule has 1 heterocycles. The Morgan fingerprint density at radius 3 is 2.50 bits per heavy atom. The second-order valence-electron chi connectivity index (χ2n) is 4.04. The van der Waals surface area contributed by atoms with Crippen LogP contribution >= 0.6 is 15.9 Å². The van der Waals surface area contributed by atoms with E-state index in [1.807, 2.05) is 38.1 Å². The molecule has 0 bridgehead atoms. The topological polar surface area (TPSA) is 42.0 Å². The van der Waals surface area contributed by atoms with Gasteiger partial charge in [0.15, 0.2) is 0 Å². The highest BCUT2D eigenvalue weighted by atomic mass is 79.9. The monoisotopic (exact) mass is 304 g/mol. The van der Waals surface area contributed by atoms with E-state index in [-0.39, 0.29) is 5.91 Å². The van der Waals surface area contributed by atoms with Crippen LogP contribution in [0.4, 0.5) is 5.82 Å². The van der Waals surface area contributed by atoms with Crippen molar-refractivity contribution in [3.8, 4) is 0 Å². The number of hydrogen-bond acceptors (Lipinski definition) is 2. The highest BCUT2D eigenvalue weighted by molar-refractivity contribution is 9.10. The molecule has 1 N–H and O–H groups in total. The fourth-order valence-corrected chi connectivity index (χ4v) is 1.86. The van der Waals surface area contributed by atoms with Gasteiger partial charge < -0.3 is 5.32 Å². The van der Waals surface area contributed by atoms with Gasteiger partial charge in [0.1, 0.15) is 5.82 Å². The Hall–Kier alpha value is -1.68. The zero-order valence-corrected chi connectivity index (χ0v) is 11.8. The normalized spacial score (nSPS) is 10.2. The van der Waals surface area contributed by atoms with Crippen LogP contribution < -0.4 is 5.32 Å². The smallest absolute Gasteiger partial charge is 0.256 e. The number of aryl methyl sites for hydroxylation is 2. The summed E-state index contributed by atoms with van der Waals surface area (Å²) in [7, 11) is 0. The van der Waals surface area contributed by atoms with E-state index < -0.39 is 0 Å². The maximum atomic E-state index is 12.0. The van der Waals surface area contributed by atoms with E-state index in [9.17, 15) is 4.79 Å². The molecule has 2 rings (SSSR count). The van der Waals surface area contributed by atoms with Gasteiger partial charge in [0, 0.05) is 10.0 Å². The van der Waals surface area contributed by atoms with Gasteiger partial charge >= 0.3 is 0 Å². The SMILES string of the molecule is Cc1cc(NC(=O)c2ccccc2)nc(C)c1Br. The second kappa shape index (κ2) is 5.31. The zero-order chi connectivity index (χ0) is 13.1. The maximum Gasteiger partial charge on any atom is 0.256 e. The van der Waals surface area contributed by atoms with E-state index in [1.165, 1.54) is 0 Å². The average molecular weight is 305 g/mol. The lowest BCUT2D eigenvalue weighted by Gasteiger charge is -2.08. The highest BCUT2D eigenvalue weighted by Gasteiger charge is 2.08. The Morgan fingerprint density at radius 2 is 1.89 bits per heavy atom. The van der Waals surface area contributed by atoms with E-state index in [4.69, 9.17) is 0 Å². The minimum absolute atomic E-state index is 0.149. The van der Waals surface area contributed by atoms with E-state index in [2.05, 4.69) is 26.2 Å². The Kier molecular flexibility index (Phi) is 3.77. The van der Waals surface area contributed by atoms with Gasteiger partial charge in [0.05, 0.1) is 5.69 Å². The molecule has 0 aliphatic rings. The largest absolute Gasteiger partial charge is 0.307 e. The molecule has 1 aromatic carbocycles. The summed E-state index contributed by atoms with van der Waals surface area (Å²) in [5, 5.41) is 2.80. The molecule has 4 heteroatoms. The minimum Gasteiger partial charge on any atom is -0.307 e. The first-order chi connectivity index (χ1) is 8.58. The van der Waals surface area contributed by atoms with Crippen LogP contribution in [0.3, 0.4) is 0 Å². The van der Waals surface area contributed by atoms with Gasteiger partial charge in [-0.05, 0) is 53.5 Å². The first-order valence-electron chi connectivity index (χ1n) is 5.58. The summed E-state index contributed by atoms with van der Waals surface area (Å²) in [5.41, 5.74) is 2.53. The third-order valence-electron chi connectivity index (χ3n) is 2.58. The number of amides is 1. The standard InChI is InChI=1S/C14H13BrN2O/c1-9-8-12(16-10(2)13(9)15)17-14(18)11-6-4-3-5-7-11/h3-8H,1-2H3,(H,16,17,18). The quantitative estimate of drug-likeness (QED) is 0.919. The second-order valence-corrected chi connectivity index (χ2v) is 4.84. The maximum absolute atomic E-state index is 12.0. The zero-order valence-electron chi connectivity index (χ0n) is 10.2. The van der Waals surface area contributed by atoms with Gasteiger partial charge in [-0.1, -0.05) is 18.2 Å². The lowest BCUT2D eigenvalue weighted by Crippen LogP contribution is -2.13. The fourth-order valence-electron chi connectivity index (χ4n) is 1.66. The van der Waals surface area contributed by atoms with Gasteiger partial charge in [0.2, 0.25) is 0 Å². The summed E-state index contributed by atoms with van der Waals surface area (Å²) in [4.78, 5) is 16.3. The van der Waals surface area contributed by atoms with Gasteiger partial charge in [-0.2, -0.15) is 0 Å². The van der Waals surface area contributed by atoms with Crippen LogP contribution in [0.15, 0.2) is 40.9 Å². The van der Waals surface area contributed by atoms with Crippen LogP contribution in [0.5, 0.6) is 0 Å². The van der Waals surface area contributed by atoms with Crippen molar-refractivity contribution >= 4 is 27.7 Å². The molecule has 18 heavy (non-hydrogen) atoms. The number of pyridine rings is 1. The number of nitrogens with one attached hydrogen (secondary N) is 1. The van der Waals surface area contributed by atoms with Crippen molar-refractivity contribution in [1.82, 2.24) is 4.98 Å².